The van der Waals surface area contributed by atoms with E-state index in [1.807, 2.05) is 18.2 Å². The fraction of sp³-hybridized carbons (Fsp3) is 0.400. The van der Waals surface area contributed by atoms with Crippen LogP contribution in [0.25, 0.3) is 0 Å². The van der Waals surface area contributed by atoms with Crippen LogP contribution in [0.2, 0.25) is 5.02 Å². The van der Waals surface area contributed by atoms with Crippen molar-refractivity contribution in [2.24, 2.45) is 0 Å². The highest BCUT2D eigenvalue weighted by Crippen LogP contribution is 2.36. The second-order valence-electron chi connectivity index (χ2n) is 6.40. The summed E-state index contributed by atoms with van der Waals surface area (Å²) in [6.07, 6.45) is 2.26. The molecular formula is C20H24ClNO. The van der Waals surface area contributed by atoms with Crippen molar-refractivity contribution in [2.75, 3.05) is 19.7 Å². The zero-order valence-corrected chi connectivity index (χ0v) is 14.4. The molecule has 0 bridgehead atoms. The van der Waals surface area contributed by atoms with Crippen molar-refractivity contribution in [1.29, 1.82) is 0 Å². The normalized spacial score (nSPS) is 18.5. The molecule has 0 aliphatic carbocycles. The Morgan fingerprint density at radius 3 is 2.52 bits per heavy atom. The third-order valence-corrected chi connectivity index (χ3v) is 5.11. The average Bonchev–Trinajstić information content (AvgIpc) is 2.61. The topological polar surface area (TPSA) is 21.3 Å². The van der Waals surface area contributed by atoms with Crippen LogP contribution < -0.4 is 5.32 Å². The Labute approximate surface area is 143 Å². The average molecular weight is 330 g/mol. The first-order valence-corrected chi connectivity index (χ1v) is 8.71. The molecule has 1 saturated heterocycles. The quantitative estimate of drug-likeness (QED) is 0.855. The lowest BCUT2D eigenvalue weighted by Gasteiger charge is -2.39. The van der Waals surface area contributed by atoms with Crippen LogP contribution in [0.15, 0.2) is 54.6 Å². The van der Waals surface area contributed by atoms with Crippen LogP contribution in [0.3, 0.4) is 0 Å². The summed E-state index contributed by atoms with van der Waals surface area (Å²) in [5, 5.41) is 4.26. The maximum Gasteiger partial charge on any atom is 0.0797 e. The van der Waals surface area contributed by atoms with Crippen LogP contribution in [-0.2, 0) is 10.2 Å². The third-order valence-electron chi connectivity index (χ3n) is 4.88. The Hall–Kier alpha value is -1.35. The van der Waals surface area contributed by atoms with E-state index in [0.29, 0.717) is 0 Å². The third kappa shape index (κ3) is 3.95. The number of ether oxygens (including phenoxy) is 1. The molecule has 122 valence electrons. The minimum atomic E-state index is 0.0548. The van der Waals surface area contributed by atoms with Crippen molar-refractivity contribution in [2.45, 2.75) is 31.3 Å². The van der Waals surface area contributed by atoms with Gasteiger partial charge in [-0.3, -0.25) is 0 Å². The van der Waals surface area contributed by atoms with E-state index in [1.165, 1.54) is 11.1 Å². The van der Waals surface area contributed by atoms with Gasteiger partial charge in [0, 0.05) is 10.4 Å². The van der Waals surface area contributed by atoms with Crippen LogP contribution in [0.5, 0.6) is 0 Å². The molecule has 2 nitrogen and oxygen atoms in total. The maximum absolute atomic E-state index is 6.29. The molecule has 1 unspecified atom stereocenters. The van der Waals surface area contributed by atoms with Crippen molar-refractivity contribution in [3.05, 3.63) is 70.7 Å². The standard InChI is InChI=1S/C20H24ClNO/c1-16(17-6-3-2-4-7-17)23-15-20(10-12-22-13-11-20)18-8-5-9-19(21)14-18/h2-9,14,16,22H,10-13,15H2,1H3. The Kier molecular flexibility index (Phi) is 5.37. The lowest BCUT2D eigenvalue weighted by molar-refractivity contribution is 0.0166. The van der Waals surface area contributed by atoms with E-state index in [0.717, 1.165) is 37.6 Å². The number of piperidine rings is 1. The molecule has 1 aliphatic rings. The molecular weight excluding hydrogens is 306 g/mol. The molecule has 2 aromatic carbocycles. The van der Waals surface area contributed by atoms with Gasteiger partial charge in [-0.05, 0) is 56.1 Å². The summed E-state index contributed by atoms with van der Waals surface area (Å²) in [6.45, 7) is 4.90. The zero-order valence-electron chi connectivity index (χ0n) is 13.6. The molecule has 1 atom stereocenters. The predicted molar refractivity (Wildman–Crippen MR) is 96.0 cm³/mol. The summed E-state index contributed by atoms with van der Waals surface area (Å²) >= 11 is 6.23. The van der Waals surface area contributed by atoms with Gasteiger partial charge in [-0.25, -0.2) is 0 Å². The highest BCUT2D eigenvalue weighted by molar-refractivity contribution is 6.30. The first kappa shape index (κ1) is 16.5. The van der Waals surface area contributed by atoms with Gasteiger partial charge < -0.3 is 10.1 Å². The number of rotatable bonds is 5. The summed E-state index contributed by atoms with van der Waals surface area (Å²) < 4.78 is 6.29. The lowest BCUT2D eigenvalue weighted by atomic mass is 9.74. The molecule has 2 aromatic rings. The van der Waals surface area contributed by atoms with Crippen molar-refractivity contribution < 1.29 is 4.74 Å². The van der Waals surface area contributed by atoms with Crippen LogP contribution in [0.4, 0.5) is 0 Å². The van der Waals surface area contributed by atoms with Gasteiger partial charge in [-0.1, -0.05) is 54.1 Å². The monoisotopic (exact) mass is 329 g/mol. The molecule has 1 heterocycles. The molecule has 0 aromatic heterocycles. The van der Waals surface area contributed by atoms with Gasteiger partial charge in [0.2, 0.25) is 0 Å². The second-order valence-corrected chi connectivity index (χ2v) is 6.84. The summed E-state index contributed by atoms with van der Waals surface area (Å²) in [5.41, 5.74) is 2.58. The number of hydrogen-bond acceptors (Lipinski definition) is 2. The molecule has 0 radical (unpaired) electrons. The van der Waals surface area contributed by atoms with E-state index in [-0.39, 0.29) is 11.5 Å². The van der Waals surface area contributed by atoms with E-state index in [2.05, 4.69) is 48.6 Å². The first-order chi connectivity index (χ1) is 11.2. The second kappa shape index (κ2) is 7.48. The number of nitrogens with one attached hydrogen (secondary N) is 1. The minimum absolute atomic E-state index is 0.0548. The van der Waals surface area contributed by atoms with Crippen LogP contribution in [0, 0.1) is 0 Å². The Bertz CT molecular complexity index is 623. The Morgan fingerprint density at radius 1 is 1.09 bits per heavy atom. The molecule has 3 heteroatoms. The molecule has 1 N–H and O–H groups in total. The van der Waals surface area contributed by atoms with Crippen LogP contribution in [0.1, 0.15) is 37.0 Å². The van der Waals surface area contributed by atoms with Gasteiger partial charge in [0.1, 0.15) is 0 Å². The summed E-state index contributed by atoms with van der Waals surface area (Å²) in [5.74, 6) is 0. The molecule has 23 heavy (non-hydrogen) atoms. The van der Waals surface area contributed by atoms with E-state index in [4.69, 9.17) is 16.3 Å². The fourth-order valence-corrected chi connectivity index (χ4v) is 3.54. The van der Waals surface area contributed by atoms with Gasteiger partial charge in [0.25, 0.3) is 0 Å². The SMILES string of the molecule is CC(OCC1(c2cccc(Cl)c2)CCNCC1)c1ccccc1. The van der Waals surface area contributed by atoms with E-state index < -0.39 is 0 Å². The van der Waals surface area contributed by atoms with Crippen molar-refractivity contribution in [3.8, 4) is 0 Å². The molecule has 0 spiro atoms. The first-order valence-electron chi connectivity index (χ1n) is 8.33. The minimum Gasteiger partial charge on any atom is -0.373 e. The Morgan fingerprint density at radius 2 is 1.83 bits per heavy atom. The van der Waals surface area contributed by atoms with Gasteiger partial charge in [0.05, 0.1) is 12.7 Å². The summed E-state index contributed by atoms with van der Waals surface area (Å²) in [7, 11) is 0. The zero-order chi connectivity index (χ0) is 16.1. The van der Waals surface area contributed by atoms with Crippen molar-refractivity contribution in [3.63, 3.8) is 0 Å². The molecule has 0 amide bonds. The summed E-state index contributed by atoms with van der Waals surface area (Å²) in [4.78, 5) is 0. The van der Waals surface area contributed by atoms with Gasteiger partial charge in [0.15, 0.2) is 0 Å². The van der Waals surface area contributed by atoms with E-state index >= 15 is 0 Å². The van der Waals surface area contributed by atoms with Crippen molar-refractivity contribution >= 4 is 11.6 Å². The van der Waals surface area contributed by atoms with Gasteiger partial charge in [-0.2, -0.15) is 0 Å². The molecule has 0 saturated carbocycles. The Balaban J connectivity index is 1.77. The van der Waals surface area contributed by atoms with Gasteiger partial charge in [-0.15, -0.1) is 0 Å². The van der Waals surface area contributed by atoms with Crippen LogP contribution in [-0.4, -0.2) is 19.7 Å². The highest BCUT2D eigenvalue weighted by Gasteiger charge is 2.35. The number of hydrogen-bond donors (Lipinski definition) is 1. The largest absolute Gasteiger partial charge is 0.373 e. The van der Waals surface area contributed by atoms with E-state index in [9.17, 15) is 0 Å². The van der Waals surface area contributed by atoms with Crippen molar-refractivity contribution in [1.82, 2.24) is 5.32 Å². The molecule has 1 aliphatic heterocycles. The molecule has 3 rings (SSSR count). The number of benzene rings is 2. The maximum atomic E-state index is 6.29. The smallest absolute Gasteiger partial charge is 0.0797 e. The van der Waals surface area contributed by atoms with Gasteiger partial charge >= 0.3 is 0 Å². The molecule has 1 fully saturated rings. The number of halogens is 1. The highest BCUT2D eigenvalue weighted by atomic mass is 35.5. The fourth-order valence-electron chi connectivity index (χ4n) is 3.34. The predicted octanol–water partition coefficient (Wildman–Crippen LogP) is 4.74. The van der Waals surface area contributed by atoms with Crippen LogP contribution >= 0.6 is 11.6 Å². The lowest BCUT2D eigenvalue weighted by Crippen LogP contribution is -2.43. The summed E-state index contributed by atoms with van der Waals surface area (Å²) in [6, 6.07) is 18.7. The van der Waals surface area contributed by atoms with E-state index in [1.54, 1.807) is 0 Å².